The summed E-state index contributed by atoms with van der Waals surface area (Å²) in [7, 11) is 0. The summed E-state index contributed by atoms with van der Waals surface area (Å²) in [5.41, 5.74) is 1.32. The molecule has 1 N–H and O–H groups in total. The minimum absolute atomic E-state index is 0.00771. The van der Waals surface area contributed by atoms with Gasteiger partial charge in [0.1, 0.15) is 10.8 Å². The molecule has 19 heavy (non-hydrogen) atoms. The zero-order valence-electron chi connectivity index (χ0n) is 9.67. The number of halogens is 1. The summed E-state index contributed by atoms with van der Waals surface area (Å²) in [6.07, 6.45) is 0. The lowest BCUT2D eigenvalue weighted by Crippen LogP contribution is -2.10. The SMILES string of the molecule is O=[N+]([O-])c1ccc(C(=S)Nc2ccc(F)cc2)cc1. The van der Waals surface area contributed by atoms with Gasteiger partial charge in [0.15, 0.2) is 0 Å². The monoisotopic (exact) mass is 276 g/mol. The molecule has 0 aliphatic heterocycles. The van der Waals surface area contributed by atoms with Crippen LogP contribution in [0.15, 0.2) is 48.5 Å². The van der Waals surface area contributed by atoms with Gasteiger partial charge in [0, 0.05) is 23.4 Å². The second-order valence-electron chi connectivity index (χ2n) is 3.77. The van der Waals surface area contributed by atoms with Gasteiger partial charge in [-0.05, 0) is 36.4 Å². The van der Waals surface area contributed by atoms with E-state index in [0.717, 1.165) is 0 Å². The Morgan fingerprint density at radius 1 is 1.11 bits per heavy atom. The molecule has 4 nitrogen and oxygen atoms in total. The first-order chi connectivity index (χ1) is 9.06. The average Bonchev–Trinajstić information content (AvgIpc) is 2.41. The van der Waals surface area contributed by atoms with Crippen LogP contribution in [-0.2, 0) is 0 Å². The Bertz CT molecular complexity index is 612. The maximum absolute atomic E-state index is 12.7. The molecule has 0 fully saturated rings. The van der Waals surface area contributed by atoms with Crippen LogP contribution in [0, 0.1) is 15.9 Å². The first-order valence-electron chi connectivity index (χ1n) is 5.37. The van der Waals surface area contributed by atoms with E-state index in [2.05, 4.69) is 5.32 Å². The van der Waals surface area contributed by atoms with Gasteiger partial charge in [-0.15, -0.1) is 0 Å². The minimum Gasteiger partial charge on any atom is -0.346 e. The number of non-ortho nitro benzene ring substituents is 1. The van der Waals surface area contributed by atoms with E-state index in [1.807, 2.05) is 0 Å². The zero-order valence-corrected chi connectivity index (χ0v) is 10.5. The fraction of sp³-hybridized carbons (Fsp3) is 0. The van der Waals surface area contributed by atoms with Gasteiger partial charge in [0.05, 0.1) is 4.92 Å². The molecule has 96 valence electrons. The van der Waals surface area contributed by atoms with Gasteiger partial charge in [-0.3, -0.25) is 10.1 Å². The maximum atomic E-state index is 12.7. The Kier molecular flexibility index (Phi) is 3.82. The van der Waals surface area contributed by atoms with Crippen LogP contribution in [0.1, 0.15) is 5.56 Å². The van der Waals surface area contributed by atoms with Crippen LogP contribution in [0.5, 0.6) is 0 Å². The van der Waals surface area contributed by atoms with Crippen LogP contribution in [0.3, 0.4) is 0 Å². The van der Waals surface area contributed by atoms with E-state index in [9.17, 15) is 14.5 Å². The third-order valence-electron chi connectivity index (χ3n) is 2.44. The fourth-order valence-electron chi connectivity index (χ4n) is 1.47. The number of nitro benzene ring substituents is 1. The third kappa shape index (κ3) is 3.32. The molecule has 0 unspecified atom stereocenters. The van der Waals surface area contributed by atoms with Gasteiger partial charge in [0.2, 0.25) is 0 Å². The van der Waals surface area contributed by atoms with Crippen molar-refractivity contribution < 1.29 is 9.31 Å². The number of thiocarbonyl (C=S) groups is 1. The molecular weight excluding hydrogens is 267 g/mol. The lowest BCUT2D eigenvalue weighted by atomic mass is 10.2. The number of nitrogens with one attached hydrogen (secondary N) is 1. The van der Waals surface area contributed by atoms with Gasteiger partial charge < -0.3 is 5.32 Å². The second-order valence-corrected chi connectivity index (χ2v) is 4.17. The molecule has 0 aliphatic rings. The summed E-state index contributed by atoms with van der Waals surface area (Å²) < 4.78 is 12.7. The van der Waals surface area contributed by atoms with E-state index in [0.29, 0.717) is 16.2 Å². The molecule has 0 heterocycles. The molecule has 0 atom stereocenters. The predicted octanol–water partition coefficient (Wildman–Crippen LogP) is 3.52. The van der Waals surface area contributed by atoms with E-state index < -0.39 is 4.92 Å². The van der Waals surface area contributed by atoms with Crippen LogP contribution in [0.25, 0.3) is 0 Å². The summed E-state index contributed by atoms with van der Waals surface area (Å²) in [5, 5.41) is 13.5. The highest BCUT2D eigenvalue weighted by atomic mass is 32.1. The highest BCUT2D eigenvalue weighted by Crippen LogP contribution is 2.15. The molecule has 0 spiro atoms. The number of rotatable bonds is 3. The first-order valence-corrected chi connectivity index (χ1v) is 5.78. The topological polar surface area (TPSA) is 55.2 Å². The molecule has 2 rings (SSSR count). The Labute approximate surface area is 114 Å². The van der Waals surface area contributed by atoms with E-state index in [-0.39, 0.29) is 11.5 Å². The Hall–Kier alpha value is -2.34. The Balaban J connectivity index is 2.11. The van der Waals surface area contributed by atoms with Crippen molar-refractivity contribution in [2.75, 3.05) is 5.32 Å². The van der Waals surface area contributed by atoms with E-state index in [1.165, 1.54) is 24.3 Å². The quantitative estimate of drug-likeness (QED) is 0.529. The van der Waals surface area contributed by atoms with Crippen molar-refractivity contribution >= 4 is 28.6 Å². The van der Waals surface area contributed by atoms with Crippen LogP contribution >= 0.6 is 12.2 Å². The summed E-state index contributed by atoms with van der Waals surface area (Å²) in [6, 6.07) is 11.7. The molecule has 0 bridgehead atoms. The molecule has 0 saturated heterocycles. The van der Waals surface area contributed by atoms with Crippen LogP contribution in [0.2, 0.25) is 0 Å². The van der Waals surface area contributed by atoms with E-state index >= 15 is 0 Å². The van der Waals surface area contributed by atoms with Gasteiger partial charge >= 0.3 is 0 Å². The average molecular weight is 276 g/mol. The molecule has 6 heteroatoms. The molecule has 0 aromatic heterocycles. The van der Waals surface area contributed by atoms with Gasteiger partial charge in [-0.1, -0.05) is 12.2 Å². The number of hydrogen-bond donors (Lipinski definition) is 1. The number of nitrogens with zero attached hydrogens (tertiary/aromatic N) is 1. The van der Waals surface area contributed by atoms with Crippen LogP contribution in [-0.4, -0.2) is 9.91 Å². The van der Waals surface area contributed by atoms with E-state index in [1.54, 1.807) is 24.3 Å². The fourth-order valence-corrected chi connectivity index (χ4v) is 1.72. The van der Waals surface area contributed by atoms with Crippen LogP contribution in [0.4, 0.5) is 15.8 Å². The molecule has 0 saturated carbocycles. The number of benzene rings is 2. The molecule has 0 radical (unpaired) electrons. The number of hydrogen-bond acceptors (Lipinski definition) is 3. The molecule has 0 aliphatic carbocycles. The molecular formula is C13H9FN2O2S. The standard InChI is InChI=1S/C13H9FN2O2S/c14-10-3-5-11(6-4-10)15-13(19)9-1-7-12(8-2-9)16(17)18/h1-8H,(H,15,19). The van der Waals surface area contributed by atoms with Crippen molar-refractivity contribution in [2.24, 2.45) is 0 Å². The summed E-state index contributed by atoms with van der Waals surface area (Å²) in [4.78, 5) is 10.5. The molecule has 2 aromatic carbocycles. The van der Waals surface area contributed by atoms with Crippen LogP contribution < -0.4 is 5.32 Å². The smallest absolute Gasteiger partial charge is 0.269 e. The van der Waals surface area contributed by atoms with Gasteiger partial charge in [0.25, 0.3) is 5.69 Å². The van der Waals surface area contributed by atoms with Crippen molar-refractivity contribution in [1.82, 2.24) is 0 Å². The van der Waals surface area contributed by atoms with Gasteiger partial charge in [-0.25, -0.2) is 4.39 Å². The largest absolute Gasteiger partial charge is 0.346 e. The maximum Gasteiger partial charge on any atom is 0.269 e. The summed E-state index contributed by atoms with van der Waals surface area (Å²) in [5.74, 6) is -0.327. The predicted molar refractivity (Wildman–Crippen MR) is 74.8 cm³/mol. The van der Waals surface area contributed by atoms with Crippen molar-refractivity contribution in [3.05, 3.63) is 70.0 Å². The summed E-state index contributed by atoms with van der Waals surface area (Å²) in [6.45, 7) is 0. The van der Waals surface area contributed by atoms with Crippen molar-refractivity contribution in [3.8, 4) is 0 Å². The van der Waals surface area contributed by atoms with Crippen molar-refractivity contribution in [1.29, 1.82) is 0 Å². The Morgan fingerprint density at radius 3 is 2.21 bits per heavy atom. The normalized spacial score (nSPS) is 9.95. The zero-order chi connectivity index (χ0) is 13.8. The van der Waals surface area contributed by atoms with Crippen molar-refractivity contribution in [2.45, 2.75) is 0 Å². The lowest BCUT2D eigenvalue weighted by molar-refractivity contribution is -0.384. The van der Waals surface area contributed by atoms with Crippen molar-refractivity contribution in [3.63, 3.8) is 0 Å². The first kappa shape index (κ1) is 13.1. The minimum atomic E-state index is -0.472. The summed E-state index contributed by atoms with van der Waals surface area (Å²) >= 11 is 5.17. The van der Waals surface area contributed by atoms with Gasteiger partial charge in [-0.2, -0.15) is 0 Å². The second kappa shape index (κ2) is 5.53. The number of anilines is 1. The third-order valence-corrected chi connectivity index (χ3v) is 2.78. The molecule has 2 aromatic rings. The number of nitro groups is 1. The highest BCUT2D eigenvalue weighted by molar-refractivity contribution is 7.81. The van der Waals surface area contributed by atoms with E-state index in [4.69, 9.17) is 12.2 Å². The Morgan fingerprint density at radius 2 is 1.68 bits per heavy atom. The molecule has 0 amide bonds. The lowest BCUT2D eigenvalue weighted by Gasteiger charge is -2.07. The highest BCUT2D eigenvalue weighted by Gasteiger charge is 2.07.